The van der Waals surface area contributed by atoms with Crippen molar-refractivity contribution in [2.75, 3.05) is 0 Å². The minimum atomic E-state index is 1.25. The first kappa shape index (κ1) is 36.5. The first-order chi connectivity index (χ1) is 32.8. The third kappa shape index (κ3) is 5.03. The molecule has 0 aliphatic heterocycles. The van der Waals surface area contributed by atoms with Gasteiger partial charge in [-0.15, -0.1) is 22.7 Å². The zero-order valence-corrected chi connectivity index (χ0v) is 37.2. The van der Waals surface area contributed by atoms with Gasteiger partial charge < -0.3 is 0 Å². The molecular weight excluding hydrogens is 833 g/mol. The summed E-state index contributed by atoms with van der Waals surface area (Å²) in [6.45, 7) is 0. The number of rotatable bonds is 3. The predicted molar refractivity (Wildman–Crippen MR) is 291 cm³/mol. The van der Waals surface area contributed by atoms with Gasteiger partial charge in [-0.25, -0.2) is 0 Å². The van der Waals surface area contributed by atoms with Crippen LogP contribution in [-0.4, -0.2) is 0 Å². The largest absolute Gasteiger partial charge is 0.135 e. The van der Waals surface area contributed by atoms with Gasteiger partial charge in [0.25, 0.3) is 0 Å². The Morgan fingerprint density at radius 1 is 0.197 bits per heavy atom. The Labute approximate surface area is 387 Å². The summed E-state index contributed by atoms with van der Waals surface area (Å²) in [5, 5.41) is 23.3. The van der Waals surface area contributed by atoms with Crippen LogP contribution in [0.3, 0.4) is 0 Å². The Morgan fingerprint density at radius 3 is 1.14 bits per heavy atom. The summed E-state index contributed by atoms with van der Waals surface area (Å²) in [6, 6.07) is 82.2. The minimum Gasteiger partial charge on any atom is -0.135 e. The van der Waals surface area contributed by atoms with Gasteiger partial charge in [-0.3, -0.25) is 0 Å². The summed E-state index contributed by atoms with van der Waals surface area (Å²) >= 11 is 3.82. The molecule has 304 valence electrons. The van der Waals surface area contributed by atoms with Crippen molar-refractivity contribution in [1.29, 1.82) is 0 Å². The molecular formula is C64H36S2. The molecule has 2 aromatic heterocycles. The molecule has 0 aliphatic carbocycles. The van der Waals surface area contributed by atoms with Crippen molar-refractivity contribution >= 4 is 138 Å². The highest BCUT2D eigenvalue weighted by molar-refractivity contribution is 7.26. The molecule has 0 N–H and O–H groups in total. The lowest BCUT2D eigenvalue weighted by Gasteiger charge is -2.22. The smallest absolute Gasteiger partial charge is 0.0434 e. The second kappa shape index (κ2) is 13.8. The monoisotopic (exact) mass is 868 g/mol. The fraction of sp³-hybridized carbons (Fsp3) is 0. The topological polar surface area (TPSA) is 0 Å². The Morgan fingerprint density at radius 2 is 0.591 bits per heavy atom. The normalized spacial score (nSPS) is 12.2. The van der Waals surface area contributed by atoms with Crippen molar-refractivity contribution < 1.29 is 0 Å². The maximum Gasteiger partial charge on any atom is 0.0434 e. The van der Waals surface area contributed by atoms with Gasteiger partial charge in [0.15, 0.2) is 0 Å². The van der Waals surface area contributed by atoms with E-state index in [1.165, 1.54) is 149 Å². The highest BCUT2D eigenvalue weighted by atomic mass is 32.1. The lowest BCUT2D eigenvalue weighted by atomic mass is 9.81. The minimum absolute atomic E-state index is 1.25. The number of thiophene rings is 2. The third-order valence-corrected chi connectivity index (χ3v) is 16.7. The number of hydrogen-bond acceptors (Lipinski definition) is 2. The number of hydrogen-bond donors (Lipinski definition) is 0. The van der Waals surface area contributed by atoms with Crippen molar-refractivity contribution in [2.24, 2.45) is 0 Å². The van der Waals surface area contributed by atoms with Crippen molar-refractivity contribution in [3.05, 3.63) is 218 Å². The van der Waals surface area contributed by atoms with Gasteiger partial charge in [0, 0.05) is 45.9 Å². The van der Waals surface area contributed by atoms with E-state index in [0.29, 0.717) is 0 Å². The van der Waals surface area contributed by atoms with Crippen LogP contribution in [-0.2, 0) is 0 Å². The van der Waals surface area contributed by atoms with E-state index in [2.05, 4.69) is 218 Å². The molecule has 0 saturated carbocycles. The van der Waals surface area contributed by atoms with Gasteiger partial charge in [0.1, 0.15) is 0 Å². The highest BCUT2D eigenvalue weighted by Crippen LogP contribution is 2.52. The van der Waals surface area contributed by atoms with Gasteiger partial charge in [0.05, 0.1) is 0 Å². The number of fused-ring (bicyclic) bond motifs is 16. The van der Waals surface area contributed by atoms with E-state index in [1.807, 2.05) is 22.7 Å². The maximum atomic E-state index is 2.46. The average Bonchev–Trinajstić information content (AvgIpc) is 3.95. The van der Waals surface area contributed by atoms with Crippen LogP contribution in [0.4, 0.5) is 0 Å². The van der Waals surface area contributed by atoms with E-state index in [4.69, 9.17) is 0 Å². The summed E-state index contributed by atoms with van der Waals surface area (Å²) in [7, 11) is 0. The van der Waals surface area contributed by atoms with Crippen molar-refractivity contribution in [1.82, 2.24) is 0 Å². The fourth-order valence-corrected chi connectivity index (χ4v) is 14.1. The van der Waals surface area contributed by atoms with Gasteiger partial charge >= 0.3 is 0 Å². The summed E-state index contributed by atoms with van der Waals surface area (Å²) in [5.41, 5.74) is 7.71. The fourth-order valence-electron chi connectivity index (χ4n) is 11.7. The molecule has 13 aromatic carbocycles. The second-order valence-electron chi connectivity index (χ2n) is 17.8. The van der Waals surface area contributed by atoms with Gasteiger partial charge in [-0.2, -0.15) is 0 Å². The molecule has 0 atom stereocenters. The molecule has 0 saturated heterocycles. The molecule has 0 radical (unpaired) electrons. The van der Waals surface area contributed by atoms with Gasteiger partial charge in [0.2, 0.25) is 0 Å². The Balaban J connectivity index is 0.995. The van der Waals surface area contributed by atoms with Crippen LogP contribution < -0.4 is 0 Å². The summed E-state index contributed by atoms with van der Waals surface area (Å²) in [6.07, 6.45) is 0. The van der Waals surface area contributed by atoms with Crippen LogP contribution in [0.1, 0.15) is 0 Å². The molecule has 0 bridgehead atoms. The Kier molecular flexibility index (Phi) is 7.63. The van der Waals surface area contributed by atoms with Gasteiger partial charge in [-0.05, 0) is 127 Å². The molecule has 2 heterocycles. The summed E-state index contributed by atoms with van der Waals surface area (Å²) in [5.74, 6) is 0. The first-order valence-electron chi connectivity index (χ1n) is 22.7. The van der Waals surface area contributed by atoms with E-state index in [0.717, 1.165) is 0 Å². The van der Waals surface area contributed by atoms with E-state index in [9.17, 15) is 0 Å². The second-order valence-corrected chi connectivity index (χ2v) is 19.9. The molecule has 15 rings (SSSR count). The summed E-state index contributed by atoms with van der Waals surface area (Å²) < 4.78 is 5.30. The highest BCUT2D eigenvalue weighted by Gasteiger charge is 2.24. The SMILES string of the molecule is c1ccc2c(c1)sc1c(-c3c4ccccc4c(-c4c5ccccc5c(-c5ccc6c(c5)sc5cc7c8ccccc8c8ccccc8c7cc56)c5ccccc45)c4ccccc34)cccc12. The van der Waals surface area contributed by atoms with Crippen molar-refractivity contribution in [2.45, 2.75) is 0 Å². The zero-order valence-electron chi connectivity index (χ0n) is 35.6. The summed E-state index contributed by atoms with van der Waals surface area (Å²) in [4.78, 5) is 0. The quantitative estimate of drug-likeness (QED) is 0.123. The van der Waals surface area contributed by atoms with E-state index in [1.54, 1.807) is 0 Å². The maximum absolute atomic E-state index is 2.46. The van der Waals surface area contributed by atoms with E-state index in [-0.39, 0.29) is 0 Å². The molecule has 0 unspecified atom stereocenters. The molecule has 0 nitrogen and oxygen atoms in total. The van der Waals surface area contributed by atoms with Crippen molar-refractivity contribution in [3.63, 3.8) is 0 Å². The third-order valence-electron chi connectivity index (χ3n) is 14.4. The molecule has 0 aliphatic rings. The van der Waals surface area contributed by atoms with Crippen LogP contribution in [0, 0.1) is 0 Å². The molecule has 0 fully saturated rings. The lowest BCUT2D eigenvalue weighted by molar-refractivity contribution is 1.70. The van der Waals surface area contributed by atoms with E-state index < -0.39 is 0 Å². The first-order valence-corrected chi connectivity index (χ1v) is 24.4. The standard InChI is InChI=1S/C64H36S2/c1-3-18-40-38(16-1)39-17-2-4-19-41(39)55-36-59-56(35-54(40)55)43-33-32-37(34-58(43)65-59)60-44-21-5-9-25-48(44)62(49-26-10-6-22-45(49)60)63-50-27-11-7-23-46(50)61(47-24-8-12-28-51(47)63)53-30-15-29-52-42-20-13-14-31-57(42)66-64(52)53/h1-36H. The van der Waals surface area contributed by atoms with Crippen LogP contribution in [0.2, 0.25) is 0 Å². The molecule has 66 heavy (non-hydrogen) atoms. The Hall–Kier alpha value is -7.88. The molecule has 0 spiro atoms. The lowest BCUT2D eigenvalue weighted by Crippen LogP contribution is -1.94. The Bertz CT molecular complexity index is 4470. The molecule has 2 heteroatoms. The van der Waals surface area contributed by atoms with Crippen LogP contribution in [0.5, 0.6) is 0 Å². The van der Waals surface area contributed by atoms with Gasteiger partial charge in [-0.1, -0.05) is 194 Å². The van der Waals surface area contributed by atoms with E-state index >= 15 is 0 Å². The van der Waals surface area contributed by atoms with Crippen LogP contribution >= 0.6 is 22.7 Å². The van der Waals surface area contributed by atoms with Crippen LogP contribution in [0.25, 0.3) is 149 Å². The molecule has 15 aromatic rings. The predicted octanol–water partition coefficient (Wildman–Crippen LogP) is 19.5. The average molecular weight is 869 g/mol. The van der Waals surface area contributed by atoms with Crippen molar-refractivity contribution in [3.8, 4) is 33.4 Å². The molecule has 0 amide bonds. The zero-order chi connectivity index (χ0) is 43.0. The number of benzene rings is 13. The van der Waals surface area contributed by atoms with Crippen LogP contribution in [0.15, 0.2) is 218 Å².